The summed E-state index contributed by atoms with van der Waals surface area (Å²) in [5.74, 6) is -0.477. The van der Waals surface area contributed by atoms with E-state index in [1.54, 1.807) is 24.3 Å². The number of imide groups is 1. The van der Waals surface area contributed by atoms with E-state index in [0.717, 1.165) is 11.1 Å². The molecule has 0 saturated carbocycles. The van der Waals surface area contributed by atoms with Crippen LogP contribution in [0.5, 0.6) is 0 Å². The zero-order valence-electron chi connectivity index (χ0n) is 10.9. The van der Waals surface area contributed by atoms with E-state index in [1.165, 1.54) is 4.90 Å². The first kappa shape index (κ1) is 12.6. The Labute approximate surface area is 116 Å². The Morgan fingerprint density at radius 3 is 1.85 bits per heavy atom. The molecule has 2 aromatic carbocycles. The Bertz CT molecular complexity index is 659. The lowest BCUT2D eigenvalue weighted by molar-refractivity contribution is 0.0642. The molecule has 20 heavy (non-hydrogen) atoms. The van der Waals surface area contributed by atoms with E-state index in [2.05, 4.69) is 0 Å². The number of nitrogens with zero attached hydrogens (tertiary/aromatic N) is 1. The number of benzene rings is 2. The molecular weight excluding hydrogens is 252 g/mol. The first-order valence-corrected chi connectivity index (χ1v) is 6.44. The van der Waals surface area contributed by atoms with Crippen LogP contribution in [-0.4, -0.2) is 16.7 Å². The van der Waals surface area contributed by atoms with Gasteiger partial charge in [0.1, 0.15) is 0 Å². The fourth-order valence-electron chi connectivity index (χ4n) is 2.46. The maximum Gasteiger partial charge on any atom is 0.261 e. The molecule has 1 heterocycles. The first-order chi connectivity index (χ1) is 9.72. The SMILES string of the molecule is NCc1ccccc1CN1C(=O)c2ccccc2C1=O. The summed E-state index contributed by atoms with van der Waals surface area (Å²) >= 11 is 0. The predicted molar refractivity (Wildman–Crippen MR) is 75.0 cm³/mol. The molecule has 0 aromatic heterocycles. The number of amides is 2. The molecular formula is C16H14N2O2. The molecule has 0 spiro atoms. The van der Waals surface area contributed by atoms with Crippen molar-refractivity contribution >= 4 is 11.8 Å². The fourth-order valence-corrected chi connectivity index (χ4v) is 2.46. The van der Waals surface area contributed by atoms with Gasteiger partial charge in [-0.1, -0.05) is 36.4 Å². The van der Waals surface area contributed by atoms with E-state index in [-0.39, 0.29) is 18.4 Å². The normalized spacial score (nSPS) is 13.8. The molecule has 1 aliphatic heterocycles. The summed E-state index contributed by atoms with van der Waals surface area (Å²) in [6.07, 6.45) is 0. The molecule has 4 heteroatoms. The molecule has 1 aliphatic rings. The zero-order valence-corrected chi connectivity index (χ0v) is 10.9. The van der Waals surface area contributed by atoms with E-state index in [9.17, 15) is 9.59 Å². The van der Waals surface area contributed by atoms with Crippen molar-refractivity contribution in [1.82, 2.24) is 4.90 Å². The maximum absolute atomic E-state index is 12.3. The number of fused-ring (bicyclic) bond motifs is 1. The summed E-state index contributed by atoms with van der Waals surface area (Å²) < 4.78 is 0. The number of carbonyl (C=O) groups excluding carboxylic acids is 2. The number of hydrogen-bond acceptors (Lipinski definition) is 3. The third kappa shape index (κ3) is 1.90. The van der Waals surface area contributed by atoms with E-state index in [0.29, 0.717) is 17.7 Å². The summed E-state index contributed by atoms with van der Waals surface area (Å²) in [6, 6.07) is 14.5. The van der Waals surface area contributed by atoms with Gasteiger partial charge in [0.25, 0.3) is 11.8 Å². The monoisotopic (exact) mass is 266 g/mol. The minimum Gasteiger partial charge on any atom is -0.326 e. The number of hydrogen-bond donors (Lipinski definition) is 1. The van der Waals surface area contributed by atoms with Crippen molar-refractivity contribution in [1.29, 1.82) is 0 Å². The molecule has 0 atom stereocenters. The lowest BCUT2D eigenvalue weighted by Gasteiger charge is -2.16. The van der Waals surface area contributed by atoms with Gasteiger partial charge in [-0.05, 0) is 23.3 Å². The van der Waals surface area contributed by atoms with Gasteiger partial charge < -0.3 is 5.73 Å². The third-order valence-corrected chi connectivity index (χ3v) is 3.54. The Kier molecular flexibility index (Phi) is 3.08. The predicted octanol–water partition coefficient (Wildman–Crippen LogP) is 1.94. The lowest BCUT2D eigenvalue weighted by Crippen LogP contribution is -2.29. The molecule has 0 saturated heterocycles. The number of nitrogens with two attached hydrogens (primary N) is 1. The molecule has 4 nitrogen and oxygen atoms in total. The second-order valence-electron chi connectivity index (χ2n) is 4.71. The highest BCUT2D eigenvalue weighted by Gasteiger charge is 2.35. The zero-order chi connectivity index (χ0) is 14.1. The molecule has 0 bridgehead atoms. The summed E-state index contributed by atoms with van der Waals surface area (Å²) in [6.45, 7) is 0.652. The van der Waals surface area contributed by atoms with Crippen LogP contribution in [0.3, 0.4) is 0 Å². The van der Waals surface area contributed by atoms with Crippen LogP contribution in [0.25, 0.3) is 0 Å². The van der Waals surface area contributed by atoms with Gasteiger partial charge in [0.15, 0.2) is 0 Å². The van der Waals surface area contributed by atoms with E-state index in [1.807, 2.05) is 24.3 Å². The molecule has 0 unspecified atom stereocenters. The van der Waals surface area contributed by atoms with Crippen LogP contribution in [0.1, 0.15) is 31.8 Å². The standard InChI is InChI=1S/C16H14N2O2/c17-9-11-5-1-2-6-12(11)10-18-15(19)13-7-3-4-8-14(13)16(18)20/h1-8H,9-10,17H2. The van der Waals surface area contributed by atoms with Gasteiger partial charge in [0, 0.05) is 6.54 Å². The van der Waals surface area contributed by atoms with Gasteiger partial charge in [0.2, 0.25) is 0 Å². The third-order valence-electron chi connectivity index (χ3n) is 3.54. The van der Waals surface area contributed by atoms with Gasteiger partial charge in [-0.2, -0.15) is 0 Å². The first-order valence-electron chi connectivity index (χ1n) is 6.44. The second kappa shape index (κ2) is 4.90. The molecule has 100 valence electrons. The largest absolute Gasteiger partial charge is 0.326 e. The van der Waals surface area contributed by atoms with Crippen molar-refractivity contribution in [2.24, 2.45) is 5.73 Å². The van der Waals surface area contributed by atoms with Crippen LogP contribution in [0.2, 0.25) is 0 Å². The van der Waals surface area contributed by atoms with E-state index < -0.39 is 0 Å². The average molecular weight is 266 g/mol. The summed E-state index contributed by atoms with van der Waals surface area (Å²) in [4.78, 5) is 25.8. The number of rotatable bonds is 3. The Morgan fingerprint density at radius 2 is 1.30 bits per heavy atom. The van der Waals surface area contributed by atoms with Gasteiger partial charge in [0.05, 0.1) is 17.7 Å². The average Bonchev–Trinajstić information content (AvgIpc) is 2.73. The highest BCUT2D eigenvalue weighted by Crippen LogP contribution is 2.24. The van der Waals surface area contributed by atoms with Gasteiger partial charge in [-0.15, -0.1) is 0 Å². The van der Waals surface area contributed by atoms with Crippen molar-refractivity contribution in [2.45, 2.75) is 13.1 Å². The van der Waals surface area contributed by atoms with Crippen LogP contribution < -0.4 is 5.73 Å². The summed E-state index contributed by atoms with van der Waals surface area (Å²) in [7, 11) is 0. The summed E-state index contributed by atoms with van der Waals surface area (Å²) in [5, 5.41) is 0. The van der Waals surface area contributed by atoms with Crippen LogP contribution in [0.4, 0.5) is 0 Å². The van der Waals surface area contributed by atoms with Crippen molar-refractivity contribution in [3.63, 3.8) is 0 Å². The van der Waals surface area contributed by atoms with Crippen molar-refractivity contribution in [2.75, 3.05) is 0 Å². The summed E-state index contributed by atoms with van der Waals surface area (Å²) in [5.41, 5.74) is 8.49. The lowest BCUT2D eigenvalue weighted by atomic mass is 10.1. The maximum atomic E-state index is 12.3. The highest BCUT2D eigenvalue weighted by molar-refractivity contribution is 6.21. The molecule has 0 aliphatic carbocycles. The quantitative estimate of drug-likeness (QED) is 0.863. The van der Waals surface area contributed by atoms with Crippen molar-refractivity contribution in [3.8, 4) is 0 Å². The Balaban J connectivity index is 1.94. The van der Waals surface area contributed by atoms with Crippen LogP contribution >= 0.6 is 0 Å². The van der Waals surface area contributed by atoms with Gasteiger partial charge in [-0.25, -0.2) is 0 Å². The Morgan fingerprint density at radius 1 is 0.800 bits per heavy atom. The van der Waals surface area contributed by atoms with Crippen LogP contribution in [0.15, 0.2) is 48.5 Å². The fraction of sp³-hybridized carbons (Fsp3) is 0.125. The van der Waals surface area contributed by atoms with Gasteiger partial charge in [-0.3, -0.25) is 14.5 Å². The van der Waals surface area contributed by atoms with Crippen LogP contribution in [-0.2, 0) is 13.1 Å². The van der Waals surface area contributed by atoms with E-state index in [4.69, 9.17) is 5.73 Å². The topological polar surface area (TPSA) is 63.4 Å². The molecule has 0 radical (unpaired) electrons. The Hall–Kier alpha value is -2.46. The van der Waals surface area contributed by atoms with Gasteiger partial charge >= 0.3 is 0 Å². The van der Waals surface area contributed by atoms with E-state index >= 15 is 0 Å². The minimum absolute atomic E-state index is 0.238. The minimum atomic E-state index is -0.238. The molecule has 2 amide bonds. The molecule has 3 rings (SSSR count). The second-order valence-corrected chi connectivity index (χ2v) is 4.71. The molecule has 2 N–H and O–H groups in total. The van der Waals surface area contributed by atoms with Crippen LogP contribution in [0, 0.1) is 0 Å². The molecule has 0 fully saturated rings. The van der Waals surface area contributed by atoms with Crippen molar-refractivity contribution in [3.05, 3.63) is 70.8 Å². The highest BCUT2D eigenvalue weighted by atomic mass is 16.2. The van der Waals surface area contributed by atoms with Crippen molar-refractivity contribution < 1.29 is 9.59 Å². The molecule has 2 aromatic rings. The number of carbonyl (C=O) groups is 2. The smallest absolute Gasteiger partial charge is 0.261 e.